The number of hydrogen-bond acceptors (Lipinski definition) is 5. The number of piperidine rings is 1. The molecule has 0 radical (unpaired) electrons. The molecule has 3 rings (SSSR count). The van der Waals surface area contributed by atoms with Gasteiger partial charge in [0, 0.05) is 50.6 Å². The highest BCUT2D eigenvalue weighted by Gasteiger charge is 2.30. The first-order valence-electron chi connectivity index (χ1n) is 10.7. The molecule has 1 amide bonds. The van der Waals surface area contributed by atoms with Crippen LogP contribution in [0.3, 0.4) is 0 Å². The lowest BCUT2D eigenvalue weighted by molar-refractivity contribution is -0.126. The smallest absolute Gasteiger partial charge is 0.236 e. The van der Waals surface area contributed by atoms with Gasteiger partial charge in [0.1, 0.15) is 0 Å². The van der Waals surface area contributed by atoms with Gasteiger partial charge in [-0.05, 0) is 38.3 Å². The van der Waals surface area contributed by atoms with Crippen LogP contribution in [0.2, 0.25) is 0 Å². The minimum atomic E-state index is -3.47. The number of carbonyl (C=O) groups excluding carboxylic acids is 1. The Morgan fingerprint density at radius 2 is 1.77 bits per heavy atom. The molecule has 2 atom stereocenters. The molecule has 2 aliphatic rings. The van der Waals surface area contributed by atoms with Crippen LogP contribution >= 0.6 is 0 Å². The minimum Gasteiger partial charge on any atom is -0.373 e. The zero-order valence-electron chi connectivity index (χ0n) is 17.9. The number of morpholine rings is 1. The van der Waals surface area contributed by atoms with Gasteiger partial charge in [-0.15, -0.1) is 0 Å². The van der Waals surface area contributed by atoms with E-state index < -0.39 is 10.0 Å². The summed E-state index contributed by atoms with van der Waals surface area (Å²) in [4.78, 5) is 14.8. The van der Waals surface area contributed by atoms with Crippen LogP contribution < -0.4 is 5.32 Å². The van der Waals surface area contributed by atoms with Crippen molar-refractivity contribution in [3.63, 3.8) is 0 Å². The predicted octanol–water partition coefficient (Wildman–Crippen LogP) is 1.92. The fraction of sp³-hybridized carbons (Fsp3) is 0.591. The van der Waals surface area contributed by atoms with Gasteiger partial charge in [-0.1, -0.05) is 30.3 Å². The van der Waals surface area contributed by atoms with E-state index in [9.17, 15) is 13.2 Å². The van der Waals surface area contributed by atoms with E-state index in [0.29, 0.717) is 32.5 Å². The molecule has 7 nitrogen and oxygen atoms in total. The maximum atomic E-state index is 12.6. The summed E-state index contributed by atoms with van der Waals surface area (Å²) in [6, 6.07) is 9.36. The lowest BCUT2D eigenvalue weighted by Crippen LogP contribution is -2.48. The molecule has 2 saturated heterocycles. The van der Waals surface area contributed by atoms with Gasteiger partial charge in [0.05, 0.1) is 12.2 Å². The highest BCUT2D eigenvalue weighted by Crippen LogP contribution is 2.21. The van der Waals surface area contributed by atoms with E-state index in [0.717, 1.165) is 25.2 Å². The lowest BCUT2D eigenvalue weighted by Gasteiger charge is -2.35. The van der Waals surface area contributed by atoms with Crippen LogP contribution in [0, 0.1) is 5.92 Å². The predicted molar refractivity (Wildman–Crippen MR) is 118 cm³/mol. The number of ether oxygens (including phenoxy) is 1. The fourth-order valence-corrected chi connectivity index (χ4v) is 5.36. The van der Waals surface area contributed by atoms with Crippen molar-refractivity contribution in [1.29, 1.82) is 0 Å². The van der Waals surface area contributed by atoms with Crippen LogP contribution in [0.4, 0.5) is 0 Å². The van der Waals surface area contributed by atoms with Crippen LogP contribution in [-0.2, 0) is 19.6 Å². The Bertz CT molecular complexity index is 810. The zero-order chi connectivity index (χ0) is 21.6. The number of nitrogens with zero attached hydrogens (tertiary/aromatic N) is 2. The summed E-state index contributed by atoms with van der Waals surface area (Å²) in [6.45, 7) is 8.06. The Morgan fingerprint density at radius 3 is 2.40 bits per heavy atom. The molecule has 0 spiro atoms. The molecule has 30 heavy (non-hydrogen) atoms. The zero-order valence-corrected chi connectivity index (χ0v) is 18.7. The van der Waals surface area contributed by atoms with Crippen molar-refractivity contribution >= 4 is 22.0 Å². The molecule has 2 heterocycles. The van der Waals surface area contributed by atoms with Gasteiger partial charge in [0.2, 0.25) is 15.9 Å². The van der Waals surface area contributed by atoms with Gasteiger partial charge in [-0.3, -0.25) is 9.69 Å². The molecule has 1 N–H and O–H groups in total. The van der Waals surface area contributed by atoms with Gasteiger partial charge in [-0.2, -0.15) is 4.31 Å². The number of amides is 1. The molecule has 0 aliphatic carbocycles. The first kappa shape index (κ1) is 22.9. The summed E-state index contributed by atoms with van der Waals surface area (Å²) < 4.78 is 32.3. The van der Waals surface area contributed by atoms with E-state index in [2.05, 4.69) is 24.1 Å². The molecule has 166 valence electrons. The van der Waals surface area contributed by atoms with E-state index >= 15 is 0 Å². The second kappa shape index (κ2) is 10.5. The Balaban J connectivity index is 1.41. The second-order valence-electron chi connectivity index (χ2n) is 8.24. The molecule has 2 unspecified atom stereocenters. The standard InChI is InChI=1S/C22H33N3O4S/c1-18-16-24(17-19(2)29-18)14-11-23-22(26)21-8-12-25(13-9-21)30(27,28)15-10-20-6-4-3-5-7-20/h3-7,10,15,18-19,21H,8-9,11-14,16-17H2,1-2H3,(H,23,26)/b15-10+. The van der Waals surface area contributed by atoms with Crippen LogP contribution in [-0.4, -0.2) is 75.0 Å². The van der Waals surface area contributed by atoms with E-state index in [1.807, 2.05) is 30.3 Å². The highest BCUT2D eigenvalue weighted by atomic mass is 32.2. The number of benzene rings is 1. The summed E-state index contributed by atoms with van der Waals surface area (Å²) in [7, 11) is -3.47. The Hall–Kier alpha value is -1.74. The van der Waals surface area contributed by atoms with Crippen LogP contribution in [0.5, 0.6) is 0 Å². The Kier molecular flexibility index (Phi) is 8.05. The Labute approximate surface area is 180 Å². The van der Waals surface area contributed by atoms with Crippen LogP contribution in [0.1, 0.15) is 32.3 Å². The molecule has 0 bridgehead atoms. The van der Waals surface area contributed by atoms with Gasteiger partial charge < -0.3 is 10.1 Å². The van der Waals surface area contributed by atoms with E-state index in [-0.39, 0.29) is 24.0 Å². The molecule has 2 aliphatic heterocycles. The van der Waals surface area contributed by atoms with Gasteiger partial charge in [0.25, 0.3) is 0 Å². The van der Waals surface area contributed by atoms with Crippen LogP contribution in [0.15, 0.2) is 35.7 Å². The van der Waals surface area contributed by atoms with Crippen molar-refractivity contribution in [2.24, 2.45) is 5.92 Å². The third-order valence-electron chi connectivity index (χ3n) is 5.64. The monoisotopic (exact) mass is 435 g/mol. The van der Waals surface area contributed by atoms with Crippen molar-refractivity contribution in [1.82, 2.24) is 14.5 Å². The first-order valence-corrected chi connectivity index (χ1v) is 12.2. The summed E-state index contributed by atoms with van der Waals surface area (Å²) >= 11 is 0. The number of nitrogens with one attached hydrogen (secondary N) is 1. The minimum absolute atomic E-state index is 0.0289. The number of sulfonamides is 1. The van der Waals surface area contributed by atoms with E-state index in [1.165, 1.54) is 9.71 Å². The normalized spacial score (nSPS) is 24.9. The number of carbonyl (C=O) groups is 1. The molecule has 8 heteroatoms. The molecule has 1 aromatic rings. The molecular weight excluding hydrogens is 402 g/mol. The molecule has 2 fully saturated rings. The maximum Gasteiger partial charge on any atom is 0.236 e. The average molecular weight is 436 g/mol. The molecule has 1 aromatic carbocycles. The van der Waals surface area contributed by atoms with Crippen molar-refractivity contribution < 1.29 is 17.9 Å². The molecule has 0 saturated carbocycles. The number of rotatable bonds is 7. The summed E-state index contributed by atoms with van der Waals surface area (Å²) in [5.74, 6) is -0.0988. The maximum absolute atomic E-state index is 12.6. The summed E-state index contributed by atoms with van der Waals surface area (Å²) in [6.07, 6.45) is 3.14. The van der Waals surface area contributed by atoms with Crippen molar-refractivity contribution in [2.45, 2.75) is 38.9 Å². The van der Waals surface area contributed by atoms with Crippen molar-refractivity contribution in [3.8, 4) is 0 Å². The largest absolute Gasteiger partial charge is 0.373 e. The quantitative estimate of drug-likeness (QED) is 0.708. The third-order valence-corrected chi connectivity index (χ3v) is 7.20. The van der Waals surface area contributed by atoms with Gasteiger partial charge in [-0.25, -0.2) is 8.42 Å². The summed E-state index contributed by atoms with van der Waals surface area (Å²) in [5.41, 5.74) is 0.847. The fourth-order valence-electron chi connectivity index (χ4n) is 4.14. The average Bonchev–Trinajstić information content (AvgIpc) is 2.72. The van der Waals surface area contributed by atoms with E-state index in [1.54, 1.807) is 6.08 Å². The molecular formula is C22H33N3O4S. The van der Waals surface area contributed by atoms with Gasteiger partial charge in [0.15, 0.2) is 0 Å². The van der Waals surface area contributed by atoms with E-state index in [4.69, 9.17) is 4.74 Å². The number of hydrogen-bond donors (Lipinski definition) is 1. The van der Waals surface area contributed by atoms with Crippen molar-refractivity contribution in [3.05, 3.63) is 41.3 Å². The Morgan fingerprint density at radius 1 is 1.13 bits per heavy atom. The summed E-state index contributed by atoms with van der Waals surface area (Å²) in [5, 5.41) is 4.28. The molecule has 0 aromatic heterocycles. The third kappa shape index (κ3) is 6.63. The lowest BCUT2D eigenvalue weighted by atomic mass is 9.97. The van der Waals surface area contributed by atoms with Gasteiger partial charge >= 0.3 is 0 Å². The first-order chi connectivity index (χ1) is 14.3. The SMILES string of the molecule is CC1CN(CCNC(=O)C2CCN(S(=O)(=O)/C=C/c3ccccc3)CC2)CC(C)O1. The topological polar surface area (TPSA) is 79.0 Å². The van der Waals surface area contributed by atoms with Crippen molar-refractivity contribution in [2.75, 3.05) is 39.3 Å². The second-order valence-corrected chi connectivity index (χ2v) is 10.1. The highest BCUT2D eigenvalue weighted by molar-refractivity contribution is 7.92. The van der Waals surface area contributed by atoms with Crippen LogP contribution in [0.25, 0.3) is 6.08 Å².